The molecular weight excluding hydrogens is 138 g/mol. The van der Waals surface area contributed by atoms with E-state index in [1.807, 2.05) is 18.0 Å². The predicted octanol–water partition coefficient (Wildman–Crippen LogP) is 1.39. The quantitative estimate of drug-likeness (QED) is 0.617. The van der Waals surface area contributed by atoms with E-state index in [-0.39, 0.29) is 0 Å². The van der Waals surface area contributed by atoms with Crippen LogP contribution in [0.5, 0.6) is 0 Å². The predicted molar refractivity (Wildman–Crippen MR) is 44.5 cm³/mol. The van der Waals surface area contributed by atoms with Crippen molar-refractivity contribution >= 4 is 23.5 Å². The van der Waals surface area contributed by atoms with Gasteiger partial charge in [0.25, 0.3) is 0 Å². The molecule has 3 heteroatoms. The van der Waals surface area contributed by atoms with Gasteiger partial charge in [0.1, 0.15) is 0 Å². The van der Waals surface area contributed by atoms with Gasteiger partial charge >= 0.3 is 0 Å². The first-order chi connectivity index (χ1) is 3.72. The lowest BCUT2D eigenvalue weighted by atomic mass is 10.5. The van der Waals surface area contributed by atoms with Crippen molar-refractivity contribution in [3.05, 3.63) is 0 Å². The second-order valence-corrected chi connectivity index (χ2v) is 3.87. The highest BCUT2D eigenvalue weighted by Gasteiger charge is 2.07. The summed E-state index contributed by atoms with van der Waals surface area (Å²) in [7, 11) is 0. The van der Waals surface area contributed by atoms with Crippen LogP contribution in [0.1, 0.15) is 6.92 Å². The fourth-order valence-corrected chi connectivity index (χ4v) is 1.64. The Morgan fingerprint density at radius 1 is 1.25 bits per heavy atom. The maximum atomic E-state index is 5.67. The molecule has 0 rings (SSSR count). The van der Waals surface area contributed by atoms with Crippen LogP contribution in [-0.4, -0.2) is 23.1 Å². The third-order valence-electron chi connectivity index (χ3n) is 1.11. The molecule has 2 N–H and O–H groups in total. The van der Waals surface area contributed by atoms with E-state index in [4.69, 9.17) is 5.73 Å². The van der Waals surface area contributed by atoms with Crippen LogP contribution in [0.3, 0.4) is 0 Å². The molecule has 1 nitrogen and oxygen atoms in total. The van der Waals surface area contributed by atoms with Crippen molar-refractivity contribution in [1.29, 1.82) is 0 Å². The van der Waals surface area contributed by atoms with Crippen LogP contribution in [0, 0.1) is 0 Å². The number of hydrogen-bond acceptors (Lipinski definition) is 3. The summed E-state index contributed by atoms with van der Waals surface area (Å²) in [5, 5.41) is 0.870. The van der Waals surface area contributed by atoms with Crippen molar-refractivity contribution in [2.24, 2.45) is 5.73 Å². The molecule has 50 valence electrons. The molecule has 0 aromatic carbocycles. The lowest BCUT2D eigenvalue weighted by Crippen LogP contribution is -2.25. The average Bonchev–Trinajstić information content (AvgIpc) is 1.84. The van der Waals surface area contributed by atoms with Gasteiger partial charge in [-0.3, -0.25) is 0 Å². The summed E-state index contributed by atoms with van der Waals surface area (Å²) in [5.74, 6) is 0. The number of nitrogens with two attached hydrogens (primary N) is 1. The Kier molecular flexibility index (Phi) is 4.90. The largest absolute Gasteiger partial charge is 0.318 e. The van der Waals surface area contributed by atoms with Crippen LogP contribution in [0.15, 0.2) is 0 Å². The van der Waals surface area contributed by atoms with Gasteiger partial charge in [-0.2, -0.15) is 11.8 Å². The molecule has 0 aliphatic carbocycles. The zero-order chi connectivity index (χ0) is 6.57. The lowest BCUT2D eigenvalue weighted by molar-refractivity contribution is 0.893. The highest BCUT2D eigenvalue weighted by molar-refractivity contribution is 8.03. The van der Waals surface area contributed by atoms with E-state index in [0.717, 1.165) is 0 Å². The summed E-state index contributed by atoms with van der Waals surface area (Å²) < 4.78 is 0. The van der Waals surface area contributed by atoms with Crippen LogP contribution in [0.2, 0.25) is 0 Å². The molecule has 0 saturated carbocycles. The lowest BCUT2D eigenvalue weighted by Gasteiger charge is -2.13. The van der Waals surface area contributed by atoms with E-state index in [0.29, 0.717) is 10.6 Å². The summed E-state index contributed by atoms with van der Waals surface area (Å²) >= 11 is 3.53. The topological polar surface area (TPSA) is 26.0 Å². The third-order valence-corrected chi connectivity index (χ3v) is 3.27. The molecule has 8 heavy (non-hydrogen) atoms. The SMILES string of the molecule is CSC(C)C(N)SC. The van der Waals surface area contributed by atoms with Gasteiger partial charge in [0, 0.05) is 5.25 Å². The summed E-state index contributed by atoms with van der Waals surface area (Å²) in [6.07, 6.45) is 4.12. The first-order valence-electron chi connectivity index (χ1n) is 2.53. The molecule has 0 spiro atoms. The van der Waals surface area contributed by atoms with Gasteiger partial charge in [-0.15, -0.1) is 11.8 Å². The van der Waals surface area contributed by atoms with Crippen LogP contribution < -0.4 is 5.73 Å². The molecule has 0 radical (unpaired) electrons. The number of thioether (sulfide) groups is 2. The molecule has 2 unspecified atom stereocenters. The van der Waals surface area contributed by atoms with E-state index < -0.39 is 0 Å². The van der Waals surface area contributed by atoms with Gasteiger partial charge in [0.2, 0.25) is 0 Å². The van der Waals surface area contributed by atoms with Crippen LogP contribution in [0.25, 0.3) is 0 Å². The maximum absolute atomic E-state index is 5.67. The number of hydrogen-bond donors (Lipinski definition) is 1. The van der Waals surface area contributed by atoms with Crippen molar-refractivity contribution in [1.82, 2.24) is 0 Å². The summed E-state index contributed by atoms with van der Waals surface area (Å²) in [6.45, 7) is 2.14. The molecule has 0 aliphatic heterocycles. The smallest absolute Gasteiger partial charge is 0.0621 e. The van der Waals surface area contributed by atoms with Crippen LogP contribution in [0.4, 0.5) is 0 Å². The van der Waals surface area contributed by atoms with Crippen LogP contribution in [-0.2, 0) is 0 Å². The third kappa shape index (κ3) is 2.84. The van der Waals surface area contributed by atoms with Gasteiger partial charge in [-0.1, -0.05) is 6.92 Å². The zero-order valence-corrected chi connectivity index (χ0v) is 7.18. The maximum Gasteiger partial charge on any atom is 0.0621 e. The standard InChI is InChI=1S/C5H13NS2/c1-4(7-2)5(6)8-3/h4-5H,6H2,1-3H3. The zero-order valence-electron chi connectivity index (χ0n) is 5.55. The normalized spacial score (nSPS) is 18.0. The Hall–Kier alpha value is 0.660. The van der Waals surface area contributed by atoms with E-state index in [2.05, 4.69) is 13.2 Å². The molecule has 0 fully saturated rings. The van der Waals surface area contributed by atoms with E-state index in [1.54, 1.807) is 11.8 Å². The molecule has 0 bridgehead atoms. The van der Waals surface area contributed by atoms with Crippen molar-refractivity contribution in [3.8, 4) is 0 Å². The first kappa shape index (κ1) is 8.66. The molecule has 0 aromatic rings. The fourth-order valence-electron chi connectivity index (χ4n) is 0.326. The minimum absolute atomic E-state index is 0.296. The molecule has 0 amide bonds. The summed E-state index contributed by atoms with van der Waals surface area (Å²) in [5.41, 5.74) is 5.67. The average molecular weight is 151 g/mol. The Morgan fingerprint density at radius 2 is 1.75 bits per heavy atom. The van der Waals surface area contributed by atoms with E-state index >= 15 is 0 Å². The Morgan fingerprint density at radius 3 is 1.88 bits per heavy atom. The Balaban J connectivity index is 3.29. The van der Waals surface area contributed by atoms with E-state index in [9.17, 15) is 0 Å². The van der Waals surface area contributed by atoms with Gasteiger partial charge in [0.05, 0.1) is 5.37 Å². The van der Waals surface area contributed by atoms with Crippen molar-refractivity contribution in [3.63, 3.8) is 0 Å². The van der Waals surface area contributed by atoms with Crippen LogP contribution >= 0.6 is 23.5 Å². The molecule has 0 heterocycles. The highest BCUT2D eigenvalue weighted by atomic mass is 32.2. The van der Waals surface area contributed by atoms with Gasteiger partial charge in [-0.25, -0.2) is 0 Å². The molecule has 2 atom stereocenters. The first-order valence-corrected chi connectivity index (χ1v) is 5.11. The second-order valence-electron chi connectivity index (χ2n) is 1.64. The van der Waals surface area contributed by atoms with Gasteiger partial charge < -0.3 is 5.73 Å². The van der Waals surface area contributed by atoms with Crippen molar-refractivity contribution in [2.45, 2.75) is 17.5 Å². The molecular formula is C5H13NS2. The summed E-state index contributed by atoms with van der Waals surface area (Å²) in [6, 6.07) is 0. The molecule has 0 aliphatic rings. The Bertz CT molecular complexity index is 50.4. The van der Waals surface area contributed by atoms with Crippen molar-refractivity contribution in [2.75, 3.05) is 12.5 Å². The van der Waals surface area contributed by atoms with Gasteiger partial charge in [0.15, 0.2) is 0 Å². The highest BCUT2D eigenvalue weighted by Crippen LogP contribution is 2.15. The monoisotopic (exact) mass is 151 g/mol. The Labute approximate surface area is 59.8 Å². The second kappa shape index (κ2) is 4.53. The minimum atomic E-state index is 0.296. The minimum Gasteiger partial charge on any atom is -0.318 e. The summed E-state index contributed by atoms with van der Waals surface area (Å²) in [4.78, 5) is 0. The molecule has 0 aromatic heterocycles. The van der Waals surface area contributed by atoms with Crippen molar-refractivity contribution < 1.29 is 0 Å². The van der Waals surface area contributed by atoms with E-state index in [1.165, 1.54) is 0 Å². The number of rotatable bonds is 3. The fraction of sp³-hybridized carbons (Fsp3) is 1.00. The molecule has 0 saturated heterocycles. The van der Waals surface area contributed by atoms with Gasteiger partial charge in [-0.05, 0) is 12.5 Å².